The van der Waals surface area contributed by atoms with Crippen LogP contribution in [0.3, 0.4) is 0 Å². The zero-order chi connectivity index (χ0) is 15.2. The molecule has 1 N–H and O–H groups in total. The predicted octanol–water partition coefficient (Wildman–Crippen LogP) is 2.23. The Morgan fingerprint density at radius 3 is 2.95 bits per heavy atom. The summed E-state index contributed by atoms with van der Waals surface area (Å²) in [5.41, 5.74) is 0.979. The number of nitrogens with zero attached hydrogens (tertiary/aromatic N) is 3. The molecule has 0 radical (unpaired) electrons. The molecule has 2 rings (SSSR count). The normalized spacial score (nSPS) is 18.6. The molecule has 0 aromatic carbocycles. The Morgan fingerprint density at radius 2 is 2.24 bits per heavy atom. The van der Waals surface area contributed by atoms with Crippen LogP contribution in [0, 0.1) is 19.8 Å². The van der Waals surface area contributed by atoms with Gasteiger partial charge in [0.05, 0.1) is 5.92 Å². The lowest BCUT2D eigenvalue weighted by Gasteiger charge is -2.33. The van der Waals surface area contributed by atoms with Crippen LogP contribution in [0.2, 0.25) is 0 Å². The van der Waals surface area contributed by atoms with E-state index >= 15 is 0 Å². The van der Waals surface area contributed by atoms with Gasteiger partial charge in [-0.2, -0.15) is 0 Å². The summed E-state index contributed by atoms with van der Waals surface area (Å²) in [6.45, 7) is 8.54. The lowest BCUT2D eigenvalue weighted by atomic mass is 9.97. The zero-order valence-corrected chi connectivity index (χ0v) is 13.4. The van der Waals surface area contributed by atoms with Crippen LogP contribution in [0.15, 0.2) is 6.07 Å². The number of aryl methyl sites for hydroxylation is 2. The van der Waals surface area contributed by atoms with E-state index in [2.05, 4.69) is 27.1 Å². The molecule has 0 bridgehead atoms. The Morgan fingerprint density at radius 1 is 1.43 bits per heavy atom. The molecule has 1 aliphatic heterocycles. The van der Waals surface area contributed by atoms with E-state index in [9.17, 15) is 4.79 Å². The number of nitrogens with one attached hydrogen (secondary N) is 1. The topological polar surface area (TPSA) is 58.1 Å². The van der Waals surface area contributed by atoms with E-state index in [-0.39, 0.29) is 11.8 Å². The molecule has 1 aromatic rings. The van der Waals surface area contributed by atoms with E-state index in [1.807, 2.05) is 19.9 Å². The standard InChI is InChI=1S/C16H26N4O/c1-4-5-8-17-16(21)14-7-6-9-20(11-14)15-10-12(2)18-13(3)19-15/h10,14H,4-9,11H2,1-3H3,(H,17,21). The Balaban J connectivity index is 1.98. The van der Waals surface area contributed by atoms with E-state index in [1.165, 1.54) is 0 Å². The summed E-state index contributed by atoms with van der Waals surface area (Å²) < 4.78 is 0. The lowest BCUT2D eigenvalue weighted by molar-refractivity contribution is -0.125. The van der Waals surface area contributed by atoms with Gasteiger partial charge in [-0.1, -0.05) is 13.3 Å². The van der Waals surface area contributed by atoms with Crippen LogP contribution in [0.5, 0.6) is 0 Å². The summed E-state index contributed by atoms with van der Waals surface area (Å²) in [4.78, 5) is 23.3. The van der Waals surface area contributed by atoms with Crippen molar-refractivity contribution < 1.29 is 4.79 Å². The summed E-state index contributed by atoms with van der Waals surface area (Å²) in [5.74, 6) is 2.01. The van der Waals surface area contributed by atoms with Gasteiger partial charge in [0, 0.05) is 31.4 Å². The van der Waals surface area contributed by atoms with Crippen LogP contribution in [0.25, 0.3) is 0 Å². The third-order valence-electron chi connectivity index (χ3n) is 3.90. The van der Waals surface area contributed by atoms with Crippen LogP contribution in [-0.4, -0.2) is 35.5 Å². The average molecular weight is 290 g/mol. The van der Waals surface area contributed by atoms with Gasteiger partial charge in [0.1, 0.15) is 11.6 Å². The minimum Gasteiger partial charge on any atom is -0.356 e. The van der Waals surface area contributed by atoms with Crippen molar-refractivity contribution in [3.8, 4) is 0 Å². The van der Waals surface area contributed by atoms with E-state index < -0.39 is 0 Å². The lowest BCUT2D eigenvalue weighted by Crippen LogP contribution is -2.43. The first-order valence-electron chi connectivity index (χ1n) is 7.95. The first-order chi connectivity index (χ1) is 10.1. The molecule has 1 atom stereocenters. The number of piperidine rings is 1. The summed E-state index contributed by atoms with van der Waals surface area (Å²) in [6, 6.07) is 2.00. The van der Waals surface area contributed by atoms with E-state index in [1.54, 1.807) is 0 Å². The van der Waals surface area contributed by atoms with Gasteiger partial charge in [-0.05, 0) is 33.1 Å². The van der Waals surface area contributed by atoms with E-state index in [0.717, 1.165) is 62.7 Å². The van der Waals surface area contributed by atoms with Gasteiger partial charge in [-0.3, -0.25) is 4.79 Å². The number of unbranched alkanes of at least 4 members (excludes halogenated alkanes) is 1. The summed E-state index contributed by atoms with van der Waals surface area (Å²) in [7, 11) is 0. The van der Waals surface area contributed by atoms with Crippen molar-refractivity contribution in [3.63, 3.8) is 0 Å². The highest BCUT2D eigenvalue weighted by Crippen LogP contribution is 2.22. The molecule has 1 saturated heterocycles. The molecule has 1 aliphatic rings. The first-order valence-corrected chi connectivity index (χ1v) is 7.95. The zero-order valence-electron chi connectivity index (χ0n) is 13.4. The van der Waals surface area contributed by atoms with Crippen molar-refractivity contribution in [2.45, 2.75) is 46.5 Å². The Hall–Kier alpha value is -1.65. The SMILES string of the molecule is CCCCNC(=O)C1CCCN(c2cc(C)nc(C)n2)C1. The predicted molar refractivity (Wildman–Crippen MR) is 84.4 cm³/mol. The molecular formula is C16H26N4O. The number of amides is 1. The molecule has 0 aliphatic carbocycles. The number of hydrogen-bond donors (Lipinski definition) is 1. The van der Waals surface area contributed by atoms with Crippen molar-refractivity contribution in [2.24, 2.45) is 5.92 Å². The number of carbonyl (C=O) groups is 1. The minimum atomic E-state index is 0.0752. The molecule has 1 fully saturated rings. The number of carbonyl (C=O) groups excluding carboxylic acids is 1. The summed E-state index contributed by atoms with van der Waals surface area (Å²) in [6.07, 6.45) is 4.16. The van der Waals surface area contributed by atoms with Crippen LogP contribution in [-0.2, 0) is 4.79 Å². The molecule has 5 nitrogen and oxygen atoms in total. The highest BCUT2D eigenvalue weighted by Gasteiger charge is 2.26. The van der Waals surface area contributed by atoms with Crippen molar-refractivity contribution in [1.29, 1.82) is 0 Å². The van der Waals surface area contributed by atoms with Crippen molar-refractivity contribution in [2.75, 3.05) is 24.5 Å². The Labute approximate surface area is 127 Å². The van der Waals surface area contributed by atoms with Gasteiger partial charge >= 0.3 is 0 Å². The average Bonchev–Trinajstić information content (AvgIpc) is 2.46. The highest BCUT2D eigenvalue weighted by atomic mass is 16.1. The molecule has 2 heterocycles. The smallest absolute Gasteiger partial charge is 0.224 e. The summed E-state index contributed by atoms with van der Waals surface area (Å²) in [5, 5.41) is 3.05. The molecule has 1 unspecified atom stereocenters. The highest BCUT2D eigenvalue weighted by molar-refractivity contribution is 5.79. The van der Waals surface area contributed by atoms with Crippen LogP contribution in [0.4, 0.5) is 5.82 Å². The maximum atomic E-state index is 12.2. The molecule has 1 aromatic heterocycles. The largest absolute Gasteiger partial charge is 0.356 e. The minimum absolute atomic E-state index is 0.0752. The van der Waals surface area contributed by atoms with Gasteiger partial charge in [0.15, 0.2) is 0 Å². The molecule has 0 spiro atoms. The van der Waals surface area contributed by atoms with Crippen molar-refractivity contribution in [3.05, 3.63) is 17.6 Å². The maximum Gasteiger partial charge on any atom is 0.224 e. The third kappa shape index (κ3) is 4.41. The Bertz CT molecular complexity index is 469. The molecule has 0 saturated carbocycles. The monoisotopic (exact) mass is 290 g/mol. The Kier molecular flexibility index (Phi) is 5.53. The van der Waals surface area contributed by atoms with Gasteiger partial charge in [-0.15, -0.1) is 0 Å². The molecule has 5 heteroatoms. The second-order valence-electron chi connectivity index (χ2n) is 5.84. The van der Waals surface area contributed by atoms with Gasteiger partial charge < -0.3 is 10.2 Å². The molecular weight excluding hydrogens is 264 g/mol. The number of anilines is 1. The van der Waals surface area contributed by atoms with Gasteiger partial charge in [0.2, 0.25) is 5.91 Å². The summed E-state index contributed by atoms with van der Waals surface area (Å²) >= 11 is 0. The maximum absolute atomic E-state index is 12.2. The van der Waals surface area contributed by atoms with Crippen LogP contribution >= 0.6 is 0 Å². The number of aromatic nitrogens is 2. The fourth-order valence-corrected chi connectivity index (χ4v) is 2.79. The van der Waals surface area contributed by atoms with E-state index in [4.69, 9.17) is 0 Å². The van der Waals surface area contributed by atoms with E-state index in [0.29, 0.717) is 0 Å². The quantitative estimate of drug-likeness (QED) is 0.845. The number of hydrogen-bond acceptors (Lipinski definition) is 4. The molecule has 116 valence electrons. The second kappa shape index (κ2) is 7.38. The fraction of sp³-hybridized carbons (Fsp3) is 0.688. The molecule has 21 heavy (non-hydrogen) atoms. The second-order valence-corrected chi connectivity index (χ2v) is 5.84. The fourth-order valence-electron chi connectivity index (χ4n) is 2.79. The number of rotatable bonds is 5. The van der Waals surface area contributed by atoms with Crippen molar-refractivity contribution >= 4 is 11.7 Å². The van der Waals surface area contributed by atoms with Gasteiger partial charge in [0.25, 0.3) is 0 Å². The first kappa shape index (κ1) is 15.7. The third-order valence-corrected chi connectivity index (χ3v) is 3.90. The van der Waals surface area contributed by atoms with Crippen molar-refractivity contribution in [1.82, 2.24) is 15.3 Å². The van der Waals surface area contributed by atoms with Crippen LogP contribution in [0.1, 0.15) is 44.1 Å². The van der Waals surface area contributed by atoms with Gasteiger partial charge in [-0.25, -0.2) is 9.97 Å². The van der Waals surface area contributed by atoms with Crippen LogP contribution < -0.4 is 10.2 Å². The molecule has 1 amide bonds.